The van der Waals surface area contributed by atoms with Gasteiger partial charge in [0.05, 0.1) is 12.9 Å². The zero-order chi connectivity index (χ0) is 18.8. The van der Waals surface area contributed by atoms with Crippen LogP contribution >= 0.6 is 23.1 Å². The van der Waals surface area contributed by atoms with E-state index in [1.807, 2.05) is 24.3 Å². The molecule has 140 valence electrons. The number of aryl methyl sites for hydroxylation is 1. The lowest BCUT2D eigenvalue weighted by Gasteiger charge is -2.18. The molecule has 0 aliphatic heterocycles. The lowest BCUT2D eigenvalue weighted by Crippen LogP contribution is -2.14. The number of thioether (sulfide) groups is 1. The smallest absolute Gasteiger partial charge is 0.234 e. The molecule has 0 spiro atoms. The van der Waals surface area contributed by atoms with E-state index in [-0.39, 0.29) is 5.91 Å². The number of thiophene rings is 1. The second-order valence-corrected chi connectivity index (χ2v) is 8.82. The predicted octanol–water partition coefficient (Wildman–Crippen LogP) is 4.56. The van der Waals surface area contributed by atoms with Gasteiger partial charge in [0.15, 0.2) is 0 Å². The summed E-state index contributed by atoms with van der Waals surface area (Å²) in [6.07, 6.45) is 5.01. The van der Waals surface area contributed by atoms with Gasteiger partial charge in [0.25, 0.3) is 0 Å². The average Bonchev–Trinajstić information content (AvgIpc) is 3.05. The van der Waals surface area contributed by atoms with Gasteiger partial charge in [-0.05, 0) is 55.0 Å². The van der Waals surface area contributed by atoms with Crippen LogP contribution in [-0.4, -0.2) is 28.7 Å². The molecule has 3 aromatic rings. The molecule has 0 bridgehead atoms. The van der Waals surface area contributed by atoms with Gasteiger partial charge in [-0.25, -0.2) is 9.97 Å². The van der Waals surface area contributed by atoms with E-state index in [9.17, 15) is 4.79 Å². The quantitative estimate of drug-likeness (QED) is 0.503. The van der Waals surface area contributed by atoms with Gasteiger partial charge < -0.3 is 10.1 Å². The number of carbonyl (C=O) groups excluding carboxylic acids is 1. The van der Waals surface area contributed by atoms with E-state index in [4.69, 9.17) is 4.74 Å². The van der Waals surface area contributed by atoms with Crippen LogP contribution in [0.3, 0.4) is 0 Å². The van der Waals surface area contributed by atoms with Crippen molar-refractivity contribution in [3.63, 3.8) is 0 Å². The Morgan fingerprint density at radius 1 is 1.33 bits per heavy atom. The summed E-state index contributed by atoms with van der Waals surface area (Å²) in [5.41, 5.74) is 2.16. The molecule has 0 unspecified atom stereocenters. The third-order valence-electron chi connectivity index (χ3n) is 4.77. The molecule has 27 heavy (non-hydrogen) atoms. The lowest BCUT2D eigenvalue weighted by molar-refractivity contribution is -0.113. The number of nitrogens with zero attached hydrogens (tertiary/aromatic N) is 2. The van der Waals surface area contributed by atoms with Gasteiger partial charge in [-0.3, -0.25) is 4.79 Å². The SMILES string of the molecule is COc1ccc(NC(=O)CSc2ncnc3sc4c(c23)CC[C@@H](C)C4)cc1. The van der Waals surface area contributed by atoms with Crippen LogP contribution in [0.5, 0.6) is 5.75 Å². The van der Waals surface area contributed by atoms with E-state index >= 15 is 0 Å². The fraction of sp³-hybridized carbons (Fsp3) is 0.350. The summed E-state index contributed by atoms with van der Waals surface area (Å²) in [5, 5.41) is 4.99. The fourth-order valence-electron chi connectivity index (χ4n) is 3.36. The van der Waals surface area contributed by atoms with Crippen molar-refractivity contribution in [2.75, 3.05) is 18.2 Å². The number of hydrogen-bond donors (Lipinski definition) is 1. The van der Waals surface area contributed by atoms with E-state index in [1.54, 1.807) is 24.8 Å². The van der Waals surface area contributed by atoms with Crippen LogP contribution in [0.4, 0.5) is 5.69 Å². The molecule has 4 rings (SSSR count). The van der Waals surface area contributed by atoms with Crippen LogP contribution in [0.1, 0.15) is 23.8 Å². The third kappa shape index (κ3) is 3.94. The maximum Gasteiger partial charge on any atom is 0.234 e. The van der Waals surface area contributed by atoms with Crippen molar-refractivity contribution in [2.24, 2.45) is 5.92 Å². The Balaban J connectivity index is 1.47. The van der Waals surface area contributed by atoms with E-state index < -0.39 is 0 Å². The topological polar surface area (TPSA) is 64.1 Å². The van der Waals surface area contributed by atoms with E-state index in [0.717, 1.165) is 45.4 Å². The number of ether oxygens (including phenoxy) is 1. The van der Waals surface area contributed by atoms with E-state index in [1.165, 1.54) is 28.6 Å². The zero-order valence-corrected chi connectivity index (χ0v) is 17.0. The Labute approximate surface area is 166 Å². The number of fused-ring (bicyclic) bond motifs is 3. The molecule has 5 nitrogen and oxygen atoms in total. The molecule has 0 radical (unpaired) electrons. The number of carbonyl (C=O) groups is 1. The van der Waals surface area contributed by atoms with Crippen LogP contribution in [0.25, 0.3) is 10.2 Å². The van der Waals surface area contributed by atoms with Crippen molar-refractivity contribution in [1.82, 2.24) is 9.97 Å². The number of rotatable bonds is 5. The van der Waals surface area contributed by atoms with Gasteiger partial charge >= 0.3 is 0 Å². The van der Waals surface area contributed by atoms with Crippen molar-refractivity contribution in [1.29, 1.82) is 0 Å². The molecule has 0 fully saturated rings. The second kappa shape index (κ2) is 7.86. The van der Waals surface area contributed by atoms with Crippen molar-refractivity contribution < 1.29 is 9.53 Å². The van der Waals surface area contributed by atoms with Crippen LogP contribution in [0.2, 0.25) is 0 Å². The first-order chi connectivity index (χ1) is 13.1. The maximum atomic E-state index is 12.3. The van der Waals surface area contributed by atoms with Crippen LogP contribution < -0.4 is 10.1 Å². The van der Waals surface area contributed by atoms with Gasteiger partial charge in [-0.2, -0.15) is 0 Å². The highest BCUT2D eigenvalue weighted by Gasteiger charge is 2.23. The number of anilines is 1. The molecule has 1 aromatic carbocycles. The minimum absolute atomic E-state index is 0.0466. The van der Waals surface area contributed by atoms with E-state index in [2.05, 4.69) is 22.2 Å². The number of methoxy groups -OCH3 is 1. The van der Waals surface area contributed by atoms with Gasteiger partial charge in [-0.15, -0.1) is 11.3 Å². The first-order valence-electron chi connectivity index (χ1n) is 8.96. The number of benzene rings is 1. The molecule has 0 saturated carbocycles. The summed E-state index contributed by atoms with van der Waals surface area (Å²) in [4.78, 5) is 23.8. The first kappa shape index (κ1) is 18.3. The molecular formula is C20H21N3O2S2. The summed E-state index contributed by atoms with van der Waals surface area (Å²) >= 11 is 3.26. The van der Waals surface area contributed by atoms with E-state index in [0.29, 0.717) is 5.75 Å². The average molecular weight is 400 g/mol. The number of hydrogen-bond acceptors (Lipinski definition) is 6. The highest BCUT2D eigenvalue weighted by molar-refractivity contribution is 8.00. The monoisotopic (exact) mass is 399 g/mol. The molecule has 1 amide bonds. The number of nitrogens with one attached hydrogen (secondary N) is 1. The van der Waals surface area contributed by atoms with Crippen LogP contribution in [0, 0.1) is 5.92 Å². The van der Waals surface area contributed by atoms with Crippen molar-refractivity contribution in [3.05, 3.63) is 41.0 Å². The highest BCUT2D eigenvalue weighted by Crippen LogP contribution is 2.40. The Hall–Kier alpha value is -2.12. The predicted molar refractivity (Wildman–Crippen MR) is 111 cm³/mol. The molecule has 1 aliphatic carbocycles. The van der Waals surface area contributed by atoms with Crippen molar-refractivity contribution in [2.45, 2.75) is 31.2 Å². The van der Waals surface area contributed by atoms with Crippen molar-refractivity contribution in [3.8, 4) is 5.75 Å². The Morgan fingerprint density at radius 3 is 2.93 bits per heavy atom. The molecule has 7 heteroatoms. The third-order valence-corrected chi connectivity index (χ3v) is 6.92. The maximum absolute atomic E-state index is 12.3. The molecule has 1 aliphatic rings. The number of aromatic nitrogens is 2. The van der Waals surface area contributed by atoms with Crippen LogP contribution in [0.15, 0.2) is 35.6 Å². The fourth-order valence-corrected chi connectivity index (χ4v) is 5.60. The molecular weight excluding hydrogens is 378 g/mol. The Kier molecular flexibility index (Phi) is 5.31. The summed E-state index contributed by atoms with van der Waals surface area (Å²) < 4.78 is 5.13. The normalized spacial score (nSPS) is 16.1. The molecule has 2 heterocycles. The standard InChI is InChI=1S/C20H21N3O2S2/c1-12-3-8-15-16(9-12)27-20-18(15)19(21-11-22-20)26-10-17(24)23-13-4-6-14(25-2)7-5-13/h4-7,11-12H,3,8-10H2,1-2H3,(H,23,24)/t12-/m1/s1. The molecule has 1 atom stereocenters. The first-order valence-corrected chi connectivity index (χ1v) is 10.8. The van der Waals surface area contributed by atoms with Crippen molar-refractivity contribution >= 4 is 44.9 Å². The Bertz CT molecular complexity index is 969. The van der Waals surface area contributed by atoms with Crippen LogP contribution in [-0.2, 0) is 17.6 Å². The van der Waals surface area contributed by atoms with Gasteiger partial charge in [0.2, 0.25) is 5.91 Å². The molecule has 1 N–H and O–H groups in total. The zero-order valence-electron chi connectivity index (χ0n) is 15.3. The highest BCUT2D eigenvalue weighted by atomic mass is 32.2. The summed E-state index contributed by atoms with van der Waals surface area (Å²) in [7, 11) is 1.62. The Morgan fingerprint density at radius 2 is 2.15 bits per heavy atom. The summed E-state index contributed by atoms with van der Waals surface area (Å²) in [5.74, 6) is 1.76. The molecule has 0 saturated heterocycles. The minimum atomic E-state index is -0.0466. The lowest BCUT2D eigenvalue weighted by atomic mass is 9.89. The summed E-state index contributed by atoms with van der Waals surface area (Å²) in [6, 6.07) is 7.33. The summed E-state index contributed by atoms with van der Waals surface area (Å²) in [6.45, 7) is 2.30. The van der Waals surface area contributed by atoms with Gasteiger partial charge in [0, 0.05) is 16.0 Å². The van der Waals surface area contributed by atoms with Gasteiger partial charge in [-0.1, -0.05) is 18.7 Å². The number of amides is 1. The largest absolute Gasteiger partial charge is 0.497 e. The van der Waals surface area contributed by atoms with Gasteiger partial charge in [0.1, 0.15) is 21.9 Å². The minimum Gasteiger partial charge on any atom is -0.497 e. The molecule has 2 aromatic heterocycles. The second-order valence-electron chi connectivity index (χ2n) is 6.78.